The third-order valence-corrected chi connectivity index (χ3v) is 4.07. The van der Waals surface area contributed by atoms with Crippen molar-refractivity contribution in [3.63, 3.8) is 0 Å². The van der Waals surface area contributed by atoms with Gasteiger partial charge in [-0.2, -0.15) is 0 Å². The lowest BCUT2D eigenvalue weighted by Gasteiger charge is -2.25. The van der Waals surface area contributed by atoms with E-state index in [1.807, 2.05) is 13.8 Å². The fourth-order valence-corrected chi connectivity index (χ4v) is 2.62. The molecule has 2 atom stereocenters. The Labute approximate surface area is 108 Å². The Bertz CT molecular complexity index is 319. The maximum absolute atomic E-state index is 12.2. The fourth-order valence-electron chi connectivity index (χ4n) is 2.62. The monoisotopic (exact) mass is 256 g/mol. The third kappa shape index (κ3) is 2.83. The van der Waals surface area contributed by atoms with Crippen LogP contribution >= 0.6 is 0 Å². The van der Waals surface area contributed by atoms with Crippen LogP contribution < -0.4 is 5.73 Å². The molecular formula is C13H24N2O3. The molecule has 104 valence electrons. The number of nitrogens with two attached hydrogens (primary N) is 1. The Morgan fingerprint density at radius 2 is 2.11 bits per heavy atom. The molecule has 1 heterocycles. The van der Waals surface area contributed by atoms with Crippen LogP contribution in [0, 0.1) is 11.3 Å². The topological polar surface area (TPSA) is 83.6 Å². The fraction of sp³-hybridized carbons (Fsp3) is 0.846. The van der Waals surface area contributed by atoms with Crippen molar-refractivity contribution in [1.29, 1.82) is 0 Å². The number of hydrogen-bond donors (Lipinski definition) is 2. The second kappa shape index (κ2) is 6.18. The molecule has 0 radical (unpaired) electrons. The molecule has 0 spiro atoms. The second-order valence-electron chi connectivity index (χ2n) is 5.17. The van der Waals surface area contributed by atoms with E-state index in [-0.39, 0.29) is 11.8 Å². The van der Waals surface area contributed by atoms with Crippen molar-refractivity contribution in [2.24, 2.45) is 17.1 Å². The average Bonchev–Trinajstić information content (AvgIpc) is 2.81. The van der Waals surface area contributed by atoms with Crippen LogP contribution in [-0.2, 0) is 9.59 Å². The number of aliphatic carboxylic acids is 1. The minimum Gasteiger partial charge on any atom is -0.481 e. The van der Waals surface area contributed by atoms with E-state index in [2.05, 4.69) is 0 Å². The molecule has 1 aliphatic rings. The van der Waals surface area contributed by atoms with Gasteiger partial charge in [0, 0.05) is 19.6 Å². The lowest BCUT2D eigenvalue weighted by atomic mass is 9.84. The van der Waals surface area contributed by atoms with E-state index in [0.29, 0.717) is 32.5 Å². The first kappa shape index (κ1) is 15.0. The molecule has 1 fully saturated rings. The first-order valence-corrected chi connectivity index (χ1v) is 6.73. The summed E-state index contributed by atoms with van der Waals surface area (Å²) in [4.78, 5) is 25.3. The van der Waals surface area contributed by atoms with Gasteiger partial charge in [0.15, 0.2) is 0 Å². The molecule has 0 bridgehead atoms. The van der Waals surface area contributed by atoms with E-state index >= 15 is 0 Å². The second-order valence-corrected chi connectivity index (χ2v) is 5.17. The van der Waals surface area contributed by atoms with Gasteiger partial charge in [0.25, 0.3) is 0 Å². The van der Waals surface area contributed by atoms with E-state index in [0.717, 1.165) is 12.8 Å². The minimum atomic E-state index is -0.792. The van der Waals surface area contributed by atoms with Crippen LogP contribution in [0.5, 0.6) is 0 Å². The maximum atomic E-state index is 12.2. The highest BCUT2D eigenvalue weighted by atomic mass is 16.4. The summed E-state index contributed by atoms with van der Waals surface area (Å²) in [6, 6.07) is 0. The molecular weight excluding hydrogens is 232 g/mol. The molecule has 2 unspecified atom stereocenters. The van der Waals surface area contributed by atoms with Crippen LogP contribution in [0.4, 0.5) is 0 Å². The van der Waals surface area contributed by atoms with Gasteiger partial charge >= 0.3 is 5.97 Å². The number of carboxylic acids is 1. The van der Waals surface area contributed by atoms with Gasteiger partial charge < -0.3 is 15.7 Å². The first-order valence-electron chi connectivity index (χ1n) is 6.73. The Hall–Kier alpha value is -1.10. The number of likely N-dealkylation sites (tertiary alicyclic amines) is 1. The third-order valence-electron chi connectivity index (χ3n) is 4.07. The van der Waals surface area contributed by atoms with Gasteiger partial charge in [0.05, 0.1) is 11.3 Å². The summed E-state index contributed by atoms with van der Waals surface area (Å²) in [6.45, 7) is 5.11. The summed E-state index contributed by atoms with van der Waals surface area (Å²) < 4.78 is 0. The molecule has 1 rings (SSSR count). The van der Waals surface area contributed by atoms with E-state index in [9.17, 15) is 14.7 Å². The van der Waals surface area contributed by atoms with Crippen molar-refractivity contribution in [3.05, 3.63) is 0 Å². The predicted molar refractivity (Wildman–Crippen MR) is 69.0 cm³/mol. The SMILES string of the molecule is CCCC(CN)C(=O)N1CCC(CC)(C(=O)O)C1. The first-order chi connectivity index (χ1) is 8.50. The van der Waals surface area contributed by atoms with Gasteiger partial charge in [-0.1, -0.05) is 20.3 Å². The molecule has 1 amide bonds. The zero-order chi connectivity index (χ0) is 13.8. The molecule has 0 aromatic rings. The lowest BCUT2D eigenvalue weighted by Crippen LogP contribution is -2.41. The summed E-state index contributed by atoms with van der Waals surface area (Å²) in [6.07, 6.45) is 2.80. The van der Waals surface area contributed by atoms with Crippen LogP contribution in [0.1, 0.15) is 39.5 Å². The molecule has 3 N–H and O–H groups in total. The van der Waals surface area contributed by atoms with Crippen molar-refractivity contribution in [1.82, 2.24) is 4.90 Å². The Morgan fingerprint density at radius 1 is 1.44 bits per heavy atom. The Morgan fingerprint density at radius 3 is 2.50 bits per heavy atom. The van der Waals surface area contributed by atoms with E-state index in [4.69, 9.17) is 5.73 Å². The van der Waals surface area contributed by atoms with Gasteiger partial charge in [-0.15, -0.1) is 0 Å². The normalized spacial score (nSPS) is 25.2. The number of carbonyl (C=O) groups is 2. The van der Waals surface area contributed by atoms with Crippen LogP contribution in [-0.4, -0.2) is 41.5 Å². The number of rotatable bonds is 6. The number of amides is 1. The number of carbonyl (C=O) groups excluding carboxylic acids is 1. The van der Waals surface area contributed by atoms with Crippen LogP contribution in [0.25, 0.3) is 0 Å². The van der Waals surface area contributed by atoms with E-state index in [1.54, 1.807) is 4.90 Å². The number of hydrogen-bond acceptors (Lipinski definition) is 3. The smallest absolute Gasteiger partial charge is 0.311 e. The molecule has 0 saturated carbocycles. The summed E-state index contributed by atoms with van der Waals surface area (Å²) >= 11 is 0. The van der Waals surface area contributed by atoms with Gasteiger partial charge in [-0.25, -0.2) is 0 Å². The van der Waals surface area contributed by atoms with Crippen LogP contribution in [0.3, 0.4) is 0 Å². The molecule has 1 aliphatic heterocycles. The highest BCUT2D eigenvalue weighted by molar-refractivity contribution is 5.82. The summed E-state index contributed by atoms with van der Waals surface area (Å²) in [5.41, 5.74) is 4.87. The number of nitrogens with zero attached hydrogens (tertiary/aromatic N) is 1. The van der Waals surface area contributed by atoms with Gasteiger partial charge in [-0.05, 0) is 19.3 Å². The standard InChI is InChI=1S/C13H24N2O3/c1-3-5-10(8-14)11(16)15-7-6-13(4-2,9-15)12(17)18/h10H,3-9,14H2,1-2H3,(H,17,18). The Kier molecular flexibility index (Phi) is 5.14. The van der Waals surface area contributed by atoms with Crippen LogP contribution in [0.15, 0.2) is 0 Å². The number of carboxylic acid groups (broad SMARTS) is 1. The summed E-state index contributed by atoms with van der Waals surface area (Å²) in [5, 5.41) is 9.30. The quantitative estimate of drug-likeness (QED) is 0.744. The molecule has 5 nitrogen and oxygen atoms in total. The van der Waals surface area contributed by atoms with Gasteiger partial charge in [0.2, 0.25) is 5.91 Å². The van der Waals surface area contributed by atoms with E-state index in [1.165, 1.54) is 0 Å². The molecule has 5 heteroatoms. The molecule has 1 saturated heterocycles. The highest BCUT2D eigenvalue weighted by Crippen LogP contribution is 2.35. The average molecular weight is 256 g/mol. The van der Waals surface area contributed by atoms with Crippen LogP contribution in [0.2, 0.25) is 0 Å². The van der Waals surface area contributed by atoms with Crippen molar-refractivity contribution in [3.8, 4) is 0 Å². The molecule has 0 aliphatic carbocycles. The molecule has 0 aromatic carbocycles. The summed E-state index contributed by atoms with van der Waals surface area (Å²) in [7, 11) is 0. The maximum Gasteiger partial charge on any atom is 0.311 e. The van der Waals surface area contributed by atoms with E-state index < -0.39 is 11.4 Å². The lowest BCUT2D eigenvalue weighted by molar-refractivity contribution is -0.149. The minimum absolute atomic E-state index is 0.0240. The zero-order valence-corrected chi connectivity index (χ0v) is 11.3. The highest BCUT2D eigenvalue weighted by Gasteiger charge is 2.45. The van der Waals surface area contributed by atoms with Crippen molar-refractivity contribution < 1.29 is 14.7 Å². The predicted octanol–water partition coefficient (Wildman–Crippen LogP) is 1.07. The van der Waals surface area contributed by atoms with Crippen molar-refractivity contribution >= 4 is 11.9 Å². The largest absolute Gasteiger partial charge is 0.481 e. The zero-order valence-electron chi connectivity index (χ0n) is 11.3. The molecule has 0 aromatic heterocycles. The van der Waals surface area contributed by atoms with Crippen molar-refractivity contribution in [2.75, 3.05) is 19.6 Å². The Balaban J connectivity index is 2.71. The summed E-state index contributed by atoms with van der Waals surface area (Å²) in [5.74, 6) is -0.924. The van der Waals surface area contributed by atoms with Gasteiger partial charge in [-0.3, -0.25) is 9.59 Å². The van der Waals surface area contributed by atoms with Gasteiger partial charge in [0.1, 0.15) is 0 Å². The van der Waals surface area contributed by atoms with Crippen molar-refractivity contribution in [2.45, 2.75) is 39.5 Å². The molecule has 18 heavy (non-hydrogen) atoms.